The molecular weight excluding hydrogens is 242 g/mol. The SMILES string of the molecule is Brc1cncc(COC2CCCC2)c1. The Labute approximate surface area is 92.8 Å². The Morgan fingerprint density at radius 2 is 2.14 bits per heavy atom. The molecule has 2 nitrogen and oxygen atoms in total. The lowest BCUT2D eigenvalue weighted by molar-refractivity contribution is 0.0455. The van der Waals surface area contributed by atoms with Crippen molar-refractivity contribution in [3.63, 3.8) is 0 Å². The Hall–Kier alpha value is -0.410. The molecule has 0 amide bonds. The van der Waals surface area contributed by atoms with Gasteiger partial charge < -0.3 is 4.74 Å². The third kappa shape index (κ3) is 2.79. The van der Waals surface area contributed by atoms with Crippen LogP contribution in [-0.2, 0) is 11.3 Å². The van der Waals surface area contributed by atoms with Crippen molar-refractivity contribution in [1.29, 1.82) is 0 Å². The zero-order chi connectivity index (χ0) is 9.80. The first-order chi connectivity index (χ1) is 6.84. The van der Waals surface area contributed by atoms with E-state index >= 15 is 0 Å². The van der Waals surface area contributed by atoms with Gasteiger partial charge in [-0.3, -0.25) is 4.98 Å². The summed E-state index contributed by atoms with van der Waals surface area (Å²) >= 11 is 3.40. The standard InChI is InChI=1S/C11H14BrNO/c12-10-5-9(6-13-7-10)8-14-11-3-1-2-4-11/h5-7,11H,1-4,8H2. The fraction of sp³-hybridized carbons (Fsp3) is 0.545. The van der Waals surface area contributed by atoms with E-state index in [0.29, 0.717) is 12.7 Å². The Kier molecular flexibility index (Phi) is 3.54. The molecule has 0 aromatic carbocycles. The molecule has 0 atom stereocenters. The van der Waals surface area contributed by atoms with Gasteiger partial charge in [0.2, 0.25) is 0 Å². The molecule has 0 bridgehead atoms. The van der Waals surface area contributed by atoms with Gasteiger partial charge in [0, 0.05) is 16.9 Å². The Bertz CT molecular complexity index is 297. The molecule has 1 saturated carbocycles. The molecule has 1 aliphatic rings. The van der Waals surface area contributed by atoms with Gasteiger partial charge in [-0.25, -0.2) is 0 Å². The summed E-state index contributed by atoms with van der Waals surface area (Å²) in [5.74, 6) is 0. The van der Waals surface area contributed by atoms with E-state index in [1.165, 1.54) is 25.7 Å². The Morgan fingerprint density at radius 1 is 1.36 bits per heavy atom. The van der Waals surface area contributed by atoms with Gasteiger partial charge in [0.1, 0.15) is 0 Å². The molecule has 1 fully saturated rings. The maximum Gasteiger partial charge on any atom is 0.0735 e. The summed E-state index contributed by atoms with van der Waals surface area (Å²) in [6.45, 7) is 0.692. The zero-order valence-corrected chi connectivity index (χ0v) is 9.66. The molecular formula is C11H14BrNO. The molecule has 1 aliphatic carbocycles. The van der Waals surface area contributed by atoms with Gasteiger partial charge in [0.25, 0.3) is 0 Å². The number of rotatable bonds is 3. The highest BCUT2D eigenvalue weighted by molar-refractivity contribution is 9.10. The van der Waals surface area contributed by atoms with E-state index in [1.54, 1.807) is 6.20 Å². The van der Waals surface area contributed by atoms with E-state index in [1.807, 2.05) is 6.20 Å². The molecule has 0 saturated heterocycles. The molecule has 0 unspecified atom stereocenters. The van der Waals surface area contributed by atoms with Crippen molar-refractivity contribution in [3.8, 4) is 0 Å². The van der Waals surface area contributed by atoms with Gasteiger partial charge in [-0.15, -0.1) is 0 Å². The van der Waals surface area contributed by atoms with Crippen LogP contribution in [0.1, 0.15) is 31.2 Å². The molecule has 0 N–H and O–H groups in total. The van der Waals surface area contributed by atoms with Crippen molar-refractivity contribution < 1.29 is 4.74 Å². The lowest BCUT2D eigenvalue weighted by Gasteiger charge is -2.10. The van der Waals surface area contributed by atoms with Crippen molar-refractivity contribution >= 4 is 15.9 Å². The van der Waals surface area contributed by atoms with Gasteiger partial charge in [0.05, 0.1) is 12.7 Å². The van der Waals surface area contributed by atoms with Crippen molar-refractivity contribution in [2.24, 2.45) is 0 Å². The Balaban J connectivity index is 1.85. The smallest absolute Gasteiger partial charge is 0.0735 e. The molecule has 0 spiro atoms. The van der Waals surface area contributed by atoms with E-state index in [9.17, 15) is 0 Å². The molecule has 0 aliphatic heterocycles. The second-order valence-corrected chi connectivity index (χ2v) is 4.64. The Morgan fingerprint density at radius 3 is 2.86 bits per heavy atom. The first-order valence-corrected chi connectivity index (χ1v) is 5.85. The first kappa shape index (κ1) is 10.1. The summed E-state index contributed by atoms with van der Waals surface area (Å²) in [5, 5.41) is 0. The van der Waals surface area contributed by atoms with Crippen LogP contribution in [0.25, 0.3) is 0 Å². The van der Waals surface area contributed by atoms with Crippen LogP contribution < -0.4 is 0 Å². The second-order valence-electron chi connectivity index (χ2n) is 3.73. The van der Waals surface area contributed by atoms with Gasteiger partial charge in [-0.05, 0) is 40.4 Å². The van der Waals surface area contributed by atoms with Crippen LogP contribution in [0, 0.1) is 0 Å². The lowest BCUT2D eigenvalue weighted by Crippen LogP contribution is -2.07. The number of ether oxygens (including phenoxy) is 1. The van der Waals surface area contributed by atoms with Crippen LogP contribution in [0.2, 0.25) is 0 Å². The predicted octanol–water partition coefficient (Wildman–Crippen LogP) is 3.30. The van der Waals surface area contributed by atoms with Crippen LogP contribution in [0.15, 0.2) is 22.9 Å². The minimum absolute atomic E-state index is 0.481. The third-order valence-electron chi connectivity index (χ3n) is 2.55. The van der Waals surface area contributed by atoms with Gasteiger partial charge in [-0.1, -0.05) is 12.8 Å². The molecule has 2 rings (SSSR count). The maximum absolute atomic E-state index is 5.78. The average molecular weight is 256 g/mol. The normalized spacial score (nSPS) is 17.5. The second kappa shape index (κ2) is 4.89. The molecule has 0 radical (unpaired) electrons. The summed E-state index contributed by atoms with van der Waals surface area (Å²) in [4.78, 5) is 4.10. The molecule has 3 heteroatoms. The molecule has 14 heavy (non-hydrogen) atoms. The number of pyridine rings is 1. The van der Waals surface area contributed by atoms with Gasteiger partial charge >= 0.3 is 0 Å². The topological polar surface area (TPSA) is 22.1 Å². The first-order valence-electron chi connectivity index (χ1n) is 5.05. The fourth-order valence-corrected chi connectivity index (χ4v) is 2.22. The number of halogens is 1. The third-order valence-corrected chi connectivity index (χ3v) is 2.98. The van der Waals surface area contributed by atoms with Crippen LogP contribution in [-0.4, -0.2) is 11.1 Å². The minimum Gasteiger partial charge on any atom is -0.373 e. The quantitative estimate of drug-likeness (QED) is 0.827. The highest BCUT2D eigenvalue weighted by Crippen LogP contribution is 2.22. The summed E-state index contributed by atoms with van der Waals surface area (Å²) in [7, 11) is 0. The van der Waals surface area contributed by atoms with E-state index in [-0.39, 0.29) is 0 Å². The van der Waals surface area contributed by atoms with E-state index in [2.05, 4.69) is 27.0 Å². The van der Waals surface area contributed by atoms with Crippen LogP contribution in [0.5, 0.6) is 0 Å². The monoisotopic (exact) mass is 255 g/mol. The maximum atomic E-state index is 5.78. The van der Waals surface area contributed by atoms with E-state index in [4.69, 9.17) is 4.74 Å². The fourth-order valence-electron chi connectivity index (χ4n) is 1.80. The molecule has 76 valence electrons. The molecule has 1 aromatic rings. The average Bonchev–Trinajstić information content (AvgIpc) is 2.67. The van der Waals surface area contributed by atoms with Crippen molar-refractivity contribution in [1.82, 2.24) is 4.98 Å². The number of hydrogen-bond donors (Lipinski definition) is 0. The largest absolute Gasteiger partial charge is 0.373 e. The number of nitrogens with zero attached hydrogens (tertiary/aromatic N) is 1. The number of hydrogen-bond acceptors (Lipinski definition) is 2. The molecule has 1 heterocycles. The van der Waals surface area contributed by atoms with Crippen LogP contribution in [0.4, 0.5) is 0 Å². The highest BCUT2D eigenvalue weighted by atomic mass is 79.9. The van der Waals surface area contributed by atoms with Gasteiger partial charge in [-0.2, -0.15) is 0 Å². The van der Waals surface area contributed by atoms with Gasteiger partial charge in [0.15, 0.2) is 0 Å². The van der Waals surface area contributed by atoms with Crippen molar-refractivity contribution in [2.45, 2.75) is 38.4 Å². The highest BCUT2D eigenvalue weighted by Gasteiger charge is 2.14. The lowest BCUT2D eigenvalue weighted by atomic mass is 10.3. The van der Waals surface area contributed by atoms with E-state index < -0.39 is 0 Å². The van der Waals surface area contributed by atoms with E-state index in [0.717, 1.165) is 10.0 Å². The molecule has 1 aromatic heterocycles. The van der Waals surface area contributed by atoms with Crippen molar-refractivity contribution in [3.05, 3.63) is 28.5 Å². The van der Waals surface area contributed by atoms with Crippen LogP contribution >= 0.6 is 15.9 Å². The summed E-state index contributed by atoms with van der Waals surface area (Å²) in [6.07, 6.45) is 9.22. The minimum atomic E-state index is 0.481. The zero-order valence-electron chi connectivity index (χ0n) is 8.08. The number of aromatic nitrogens is 1. The summed E-state index contributed by atoms with van der Waals surface area (Å²) < 4.78 is 6.80. The summed E-state index contributed by atoms with van der Waals surface area (Å²) in [5.41, 5.74) is 1.14. The predicted molar refractivity (Wildman–Crippen MR) is 59.0 cm³/mol. The summed E-state index contributed by atoms with van der Waals surface area (Å²) in [6, 6.07) is 2.06. The van der Waals surface area contributed by atoms with Crippen LogP contribution in [0.3, 0.4) is 0 Å². The van der Waals surface area contributed by atoms with Crippen molar-refractivity contribution in [2.75, 3.05) is 0 Å².